The molecule has 8 atom stereocenters. The van der Waals surface area contributed by atoms with E-state index in [1.807, 2.05) is 33.8 Å². The number of carbonyl (C=O) groups excluding carboxylic acids is 4. The van der Waals surface area contributed by atoms with Crippen LogP contribution in [0.25, 0.3) is 0 Å². The summed E-state index contributed by atoms with van der Waals surface area (Å²) in [4.78, 5) is 55.0. The summed E-state index contributed by atoms with van der Waals surface area (Å²) < 4.78 is 18.6. The van der Waals surface area contributed by atoms with E-state index in [9.17, 15) is 24.3 Å². The second-order valence-electron chi connectivity index (χ2n) is 16.4. The summed E-state index contributed by atoms with van der Waals surface area (Å²) in [5, 5.41) is 11.3. The highest BCUT2D eigenvalue weighted by Gasteiger charge is 2.65. The zero-order valence-electron chi connectivity index (χ0n) is 31.4. The van der Waals surface area contributed by atoms with Gasteiger partial charge in [-0.2, -0.15) is 0 Å². The standard InChI is InChI=1S/C42H58O8/c1-24(2)37-35(48-29(7)43)21-26(4)12-9-11-25(3)19-31(44)23-42-33-20-27(5)14-17-36(45)41(8)18-10-13-30(39(46)50-41)15-16-32(33)28(6)22-34(42)38(37)49-40(42)47/h12-13,19-20,24,33-38,45H,9-11,14-18,21-23H2,1-8H3/b25-19+,26-12+,27-20+/t33-,34?,35-,36+,37-,38-,41-,42-/m0/s1. The molecule has 50 heavy (non-hydrogen) atoms. The molecule has 0 radical (unpaired) electrons. The van der Waals surface area contributed by atoms with Crippen LogP contribution in [0.5, 0.6) is 0 Å². The molecule has 0 aromatic rings. The molecule has 2 aliphatic carbocycles. The summed E-state index contributed by atoms with van der Waals surface area (Å²) in [6.07, 6.45) is 11.6. The van der Waals surface area contributed by atoms with Gasteiger partial charge < -0.3 is 19.3 Å². The van der Waals surface area contributed by atoms with Crippen molar-refractivity contribution in [3.63, 3.8) is 0 Å². The van der Waals surface area contributed by atoms with Gasteiger partial charge in [-0.1, -0.05) is 59.9 Å². The van der Waals surface area contributed by atoms with Gasteiger partial charge in [0.05, 0.1) is 11.5 Å². The number of fused-ring (bicyclic) bond motifs is 4. The summed E-state index contributed by atoms with van der Waals surface area (Å²) in [5.41, 5.74) is 3.65. The van der Waals surface area contributed by atoms with Gasteiger partial charge in [0.1, 0.15) is 17.8 Å². The second-order valence-corrected chi connectivity index (χ2v) is 16.4. The number of aliphatic hydroxyl groups excluding tert-OH is 1. The van der Waals surface area contributed by atoms with Crippen LogP contribution in [-0.4, -0.2) is 52.7 Å². The van der Waals surface area contributed by atoms with Crippen molar-refractivity contribution >= 4 is 23.7 Å². The van der Waals surface area contributed by atoms with Crippen molar-refractivity contribution in [3.05, 3.63) is 57.7 Å². The van der Waals surface area contributed by atoms with Crippen molar-refractivity contribution in [2.24, 2.45) is 29.1 Å². The molecule has 5 rings (SSSR count). The highest BCUT2D eigenvalue weighted by Crippen LogP contribution is 2.60. The van der Waals surface area contributed by atoms with E-state index >= 15 is 0 Å². The molecule has 0 amide bonds. The maximum absolute atomic E-state index is 14.9. The summed E-state index contributed by atoms with van der Waals surface area (Å²) in [5.74, 6) is -2.33. The molecule has 0 aromatic heterocycles. The minimum atomic E-state index is -1.19. The maximum atomic E-state index is 14.9. The summed E-state index contributed by atoms with van der Waals surface area (Å²) in [7, 11) is 0. The number of carbonyl (C=O) groups is 4. The average Bonchev–Trinajstić information content (AvgIpc) is 3.17. The number of hydrogen-bond donors (Lipinski definition) is 1. The molecule has 3 heterocycles. The fourth-order valence-corrected chi connectivity index (χ4v) is 9.54. The Kier molecular flexibility index (Phi) is 11.5. The fraction of sp³-hybridized carbons (Fsp3) is 0.667. The van der Waals surface area contributed by atoms with Crippen molar-refractivity contribution in [3.8, 4) is 0 Å². The van der Waals surface area contributed by atoms with Crippen LogP contribution >= 0.6 is 0 Å². The van der Waals surface area contributed by atoms with Gasteiger partial charge in [-0.25, -0.2) is 4.79 Å². The van der Waals surface area contributed by atoms with Crippen LogP contribution in [0.4, 0.5) is 0 Å². The Hall–Kier alpha value is -3.26. The molecule has 4 bridgehead atoms. The van der Waals surface area contributed by atoms with Crippen LogP contribution < -0.4 is 0 Å². The number of allylic oxidation sites excluding steroid dienone is 8. The first-order valence-corrected chi connectivity index (χ1v) is 18.8. The third-order valence-electron chi connectivity index (χ3n) is 12.3. The van der Waals surface area contributed by atoms with Crippen LogP contribution in [0, 0.1) is 29.1 Å². The highest BCUT2D eigenvalue weighted by atomic mass is 16.6. The average molecular weight is 691 g/mol. The van der Waals surface area contributed by atoms with E-state index < -0.39 is 41.2 Å². The molecule has 3 aliphatic heterocycles. The lowest BCUT2D eigenvalue weighted by molar-refractivity contribution is -0.166. The van der Waals surface area contributed by atoms with E-state index in [2.05, 4.69) is 32.9 Å². The molecule has 1 saturated heterocycles. The summed E-state index contributed by atoms with van der Waals surface area (Å²) in [6, 6.07) is 0. The monoisotopic (exact) mass is 690 g/mol. The van der Waals surface area contributed by atoms with Gasteiger partial charge in [-0.15, -0.1) is 0 Å². The molecule has 0 aromatic carbocycles. The topological polar surface area (TPSA) is 116 Å². The molecule has 1 fully saturated rings. The SMILES string of the molecule is CC(=O)O[C@H]1C/C(C)=C/CC/C(C)=C/C(=O)C[C@@]23C(=O)O[C@@H](C2CC(C)=C2CCC4=CCC[C@](C)(OC4=O)[C@H](O)CC/C(C)=C/[C@@H]23)[C@H]1C(C)C. The lowest BCUT2D eigenvalue weighted by Crippen LogP contribution is -2.49. The first-order chi connectivity index (χ1) is 23.6. The summed E-state index contributed by atoms with van der Waals surface area (Å²) in [6.45, 7) is 15.6. The van der Waals surface area contributed by atoms with E-state index in [0.717, 1.165) is 34.3 Å². The van der Waals surface area contributed by atoms with Crippen molar-refractivity contribution in [1.82, 2.24) is 0 Å². The molecular formula is C42H58O8. The van der Waals surface area contributed by atoms with E-state index in [1.165, 1.54) is 6.92 Å². The number of esters is 3. The number of hydrogen-bond acceptors (Lipinski definition) is 8. The first-order valence-electron chi connectivity index (χ1n) is 18.8. The molecule has 1 unspecified atom stereocenters. The number of ketones is 1. The molecule has 274 valence electrons. The Bertz CT molecular complexity index is 1540. The smallest absolute Gasteiger partial charge is 0.334 e. The Morgan fingerprint density at radius 1 is 0.960 bits per heavy atom. The normalized spacial score (nSPS) is 39.2. The Morgan fingerprint density at radius 3 is 2.40 bits per heavy atom. The van der Waals surface area contributed by atoms with Crippen molar-refractivity contribution < 1.29 is 38.5 Å². The van der Waals surface area contributed by atoms with E-state index in [1.54, 1.807) is 6.08 Å². The number of rotatable bonds is 2. The highest BCUT2D eigenvalue weighted by molar-refractivity contribution is 5.96. The molecule has 8 heteroatoms. The van der Waals surface area contributed by atoms with Crippen LogP contribution in [0.3, 0.4) is 0 Å². The van der Waals surface area contributed by atoms with Gasteiger partial charge in [-0.3, -0.25) is 14.4 Å². The van der Waals surface area contributed by atoms with Crippen LogP contribution in [0.15, 0.2) is 57.7 Å². The summed E-state index contributed by atoms with van der Waals surface area (Å²) >= 11 is 0. The van der Waals surface area contributed by atoms with Gasteiger partial charge in [0, 0.05) is 43.1 Å². The van der Waals surface area contributed by atoms with Gasteiger partial charge in [0.2, 0.25) is 0 Å². The van der Waals surface area contributed by atoms with Crippen molar-refractivity contribution in [2.45, 2.75) is 150 Å². The lowest BCUT2D eigenvalue weighted by Gasteiger charge is -2.46. The first kappa shape index (κ1) is 38.0. The quantitative estimate of drug-likeness (QED) is 0.176. The predicted octanol–water partition coefficient (Wildman–Crippen LogP) is 7.99. The number of aliphatic hydroxyl groups is 1. The van der Waals surface area contributed by atoms with E-state index in [-0.39, 0.29) is 41.9 Å². The third-order valence-corrected chi connectivity index (χ3v) is 12.3. The van der Waals surface area contributed by atoms with Gasteiger partial charge in [-0.05, 0) is 104 Å². The van der Waals surface area contributed by atoms with Gasteiger partial charge in [0.15, 0.2) is 5.78 Å². The Balaban J connectivity index is 1.71. The maximum Gasteiger partial charge on any atom is 0.334 e. The van der Waals surface area contributed by atoms with E-state index in [0.29, 0.717) is 63.4 Å². The minimum absolute atomic E-state index is 0.00108. The Morgan fingerprint density at radius 2 is 1.70 bits per heavy atom. The van der Waals surface area contributed by atoms with Gasteiger partial charge >= 0.3 is 17.9 Å². The van der Waals surface area contributed by atoms with Crippen LogP contribution in [-0.2, 0) is 33.4 Å². The van der Waals surface area contributed by atoms with Crippen LogP contribution in [0.2, 0.25) is 0 Å². The van der Waals surface area contributed by atoms with E-state index in [4.69, 9.17) is 14.2 Å². The van der Waals surface area contributed by atoms with Gasteiger partial charge in [0.25, 0.3) is 0 Å². The molecule has 8 nitrogen and oxygen atoms in total. The molecule has 5 aliphatic rings. The van der Waals surface area contributed by atoms with Crippen molar-refractivity contribution in [1.29, 1.82) is 0 Å². The molecular weight excluding hydrogens is 632 g/mol. The zero-order valence-corrected chi connectivity index (χ0v) is 31.4. The predicted molar refractivity (Wildman–Crippen MR) is 192 cm³/mol. The second kappa shape index (κ2) is 15.1. The third kappa shape index (κ3) is 7.66. The minimum Gasteiger partial charge on any atom is -0.462 e. The lowest BCUT2D eigenvalue weighted by atomic mass is 9.54. The molecule has 0 spiro atoms. The zero-order chi connectivity index (χ0) is 36.5. The Labute approximate surface area is 298 Å². The number of ether oxygens (including phenoxy) is 3. The van der Waals surface area contributed by atoms with Crippen molar-refractivity contribution in [2.75, 3.05) is 0 Å². The largest absolute Gasteiger partial charge is 0.462 e. The fourth-order valence-electron chi connectivity index (χ4n) is 9.54. The molecule has 0 saturated carbocycles. The molecule has 1 N–H and O–H groups in total. The van der Waals surface area contributed by atoms with Crippen LogP contribution in [0.1, 0.15) is 126 Å².